The molecule has 0 bridgehead atoms. The first-order valence-electron chi connectivity index (χ1n) is 19.8. The Balaban J connectivity index is 1.40. The molecule has 1 aromatic carbocycles. The summed E-state index contributed by atoms with van der Waals surface area (Å²) in [4.78, 5) is 104. The van der Waals surface area contributed by atoms with Crippen LogP contribution >= 0.6 is 0 Å². The van der Waals surface area contributed by atoms with Gasteiger partial charge in [-0.15, -0.1) is 0 Å². The van der Waals surface area contributed by atoms with E-state index in [9.17, 15) is 43.5 Å². The van der Waals surface area contributed by atoms with Crippen molar-refractivity contribution in [3.63, 3.8) is 0 Å². The average molecular weight is 830 g/mol. The smallest absolute Gasteiger partial charge is 0.312 e. The van der Waals surface area contributed by atoms with Gasteiger partial charge < -0.3 is 56.7 Å². The fourth-order valence-electron chi connectivity index (χ4n) is 6.04. The number of nitrogens with one attached hydrogen (secondary N) is 5. The predicted molar refractivity (Wildman–Crippen MR) is 214 cm³/mol. The van der Waals surface area contributed by atoms with E-state index in [1.807, 2.05) is 7.05 Å². The molecule has 2 aliphatic rings. The lowest BCUT2D eigenvalue weighted by molar-refractivity contribution is -0.142. The maximum absolute atomic E-state index is 13.5. The molecule has 59 heavy (non-hydrogen) atoms. The van der Waals surface area contributed by atoms with Crippen LogP contribution in [0.15, 0.2) is 36.4 Å². The van der Waals surface area contributed by atoms with Crippen LogP contribution in [0.4, 0.5) is 10.5 Å². The third kappa shape index (κ3) is 17.1. The molecule has 20 heteroatoms. The molecule has 3 atom stereocenters. The van der Waals surface area contributed by atoms with Crippen molar-refractivity contribution in [3.8, 4) is 0 Å². The van der Waals surface area contributed by atoms with Crippen molar-refractivity contribution in [2.45, 2.75) is 64.1 Å². The van der Waals surface area contributed by atoms with E-state index < -0.39 is 47.8 Å². The number of benzene rings is 1. The van der Waals surface area contributed by atoms with Gasteiger partial charge in [0.1, 0.15) is 12.1 Å². The number of imide groups is 1. The second kappa shape index (κ2) is 25.1. The highest BCUT2D eigenvalue weighted by Crippen LogP contribution is 2.20. The first-order chi connectivity index (χ1) is 28.2. The zero-order chi connectivity index (χ0) is 43.3. The number of carbonyl (C=O) groups is 8. The maximum Gasteiger partial charge on any atom is 0.312 e. The Labute approximate surface area is 343 Å². The monoisotopic (exact) mass is 829 g/mol. The molecule has 0 radical (unpaired) electrons. The molecule has 1 fully saturated rings. The molecule has 20 nitrogen and oxygen atoms in total. The largest absolute Gasteiger partial charge is 0.379 e. The summed E-state index contributed by atoms with van der Waals surface area (Å²) in [6.07, 6.45) is 1.90. The summed E-state index contributed by atoms with van der Waals surface area (Å²) in [5.41, 5.74) is 5.88. The minimum Gasteiger partial charge on any atom is -0.379 e. The summed E-state index contributed by atoms with van der Waals surface area (Å²) in [5.74, 6) is -3.35. The van der Waals surface area contributed by atoms with Crippen molar-refractivity contribution in [1.82, 2.24) is 36.0 Å². The lowest BCUT2D eigenvalue weighted by Crippen LogP contribution is -2.54. The first kappa shape index (κ1) is 47.9. The Morgan fingerprint density at radius 1 is 0.780 bits per heavy atom. The minimum atomic E-state index is -1.36. The fourth-order valence-corrected chi connectivity index (χ4v) is 6.04. The van der Waals surface area contributed by atoms with Crippen molar-refractivity contribution in [2.24, 2.45) is 11.7 Å². The Bertz CT molecular complexity index is 1610. The Morgan fingerprint density at radius 2 is 1.42 bits per heavy atom. The van der Waals surface area contributed by atoms with Crippen molar-refractivity contribution in [2.75, 3.05) is 84.6 Å². The maximum atomic E-state index is 13.5. The van der Waals surface area contributed by atoms with Crippen LogP contribution in [-0.4, -0.2) is 159 Å². The van der Waals surface area contributed by atoms with E-state index in [2.05, 4.69) is 31.5 Å². The number of aliphatic hydroxyl groups excluding tert-OH is 1. The fraction of sp³-hybridized carbons (Fsp3) is 0.590. The van der Waals surface area contributed by atoms with Gasteiger partial charge in [0, 0.05) is 76.5 Å². The van der Waals surface area contributed by atoms with Gasteiger partial charge in [-0.05, 0) is 49.9 Å². The molecular weight excluding hydrogens is 770 g/mol. The molecule has 0 aromatic heterocycles. The number of rotatable bonds is 25. The van der Waals surface area contributed by atoms with E-state index in [1.165, 1.54) is 24.3 Å². The van der Waals surface area contributed by atoms with Gasteiger partial charge in [-0.1, -0.05) is 26.0 Å². The van der Waals surface area contributed by atoms with Crippen LogP contribution in [0.5, 0.6) is 0 Å². The van der Waals surface area contributed by atoms with Gasteiger partial charge in [0.15, 0.2) is 6.10 Å². The number of hydrogen-bond donors (Lipinski definition) is 7. The van der Waals surface area contributed by atoms with Crippen LogP contribution in [0.2, 0.25) is 0 Å². The van der Waals surface area contributed by atoms with E-state index in [-0.39, 0.29) is 89.0 Å². The zero-order valence-electron chi connectivity index (χ0n) is 34.0. The SMILES string of the molecule is CC(C)[C@H](NC(=O)CCOCCOCCNC(=O)CCCN1C(=O)C=CC1=O)C(=O)N[C@@H](CCCNC(N)=O)C(=O)Nc1ccc(C(O)C(=O)N2CCN(C)CC2)cc1. The third-order valence-corrected chi connectivity index (χ3v) is 9.51. The molecule has 9 amide bonds. The molecule has 1 unspecified atom stereocenters. The number of aliphatic hydroxyl groups is 1. The number of nitrogens with two attached hydrogens (primary N) is 1. The molecule has 0 spiro atoms. The molecule has 8 N–H and O–H groups in total. The summed E-state index contributed by atoms with van der Waals surface area (Å²) >= 11 is 0. The van der Waals surface area contributed by atoms with Gasteiger partial charge in [0.2, 0.25) is 23.6 Å². The van der Waals surface area contributed by atoms with E-state index in [1.54, 1.807) is 30.9 Å². The lowest BCUT2D eigenvalue weighted by atomic mass is 10.0. The third-order valence-electron chi connectivity index (χ3n) is 9.51. The van der Waals surface area contributed by atoms with Crippen LogP contribution in [0.3, 0.4) is 0 Å². The number of hydrogen-bond acceptors (Lipinski definition) is 12. The van der Waals surface area contributed by atoms with Gasteiger partial charge in [-0.2, -0.15) is 0 Å². The van der Waals surface area contributed by atoms with E-state index >= 15 is 0 Å². The minimum absolute atomic E-state index is 0.0492. The second-order valence-corrected chi connectivity index (χ2v) is 14.5. The topological polar surface area (TPSA) is 271 Å². The number of anilines is 1. The number of primary amides is 1. The summed E-state index contributed by atoms with van der Waals surface area (Å²) in [6, 6.07) is 3.39. The Hall–Kier alpha value is -5.44. The number of urea groups is 1. The van der Waals surface area contributed by atoms with Gasteiger partial charge in [-0.25, -0.2) is 4.79 Å². The van der Waals surface area contributed by atoms with Crippen LogP contribution in [-0.2, 0) is 43.0 Å². The zero-order valence-corrected chi connectivity index (χ0v) is 34.0. The van der Waals surface area contributed by atoms with E-state index in [4.69, 9.17) is 15.2 Å². The standard InChI is InChI=1S/C39H59N9O11/c1-26(2)34(45-31(50)14-22-58-24-25-59-23-16-41-30(49)7-5-17-48-32(51)12-13-33(48)52)37(55)44-29(6-4-15-42-39(40)57)36(54)43-28-10-8-27(9-11-28)35(53)38(56)47-20-18-46(3)19-21-47/h8-13,26,29,34-35,53H,4-7,14-25H2,1-3H3,(H,41,49)(H,43,54)(H,44,55)(H,45,50)(H3,40,42,57)/t29-,34-,35?/m0/s1. The summed E-state index contributed by atoms with van der Waals surface area (Å²) in [5, 5.41) is 24.0. The molecule has 2 aliphatic heterocycles. The van der Waals surface area contributed by atoms with Crippen molar-refractivity contribution in [3.05, 3.63) is 42.0 Å². The Morgan fingerprint density at radius 3 is 2.05 bits per heavy atom. The number of amides is 9. The van der Waals surface area contributed by atoms with Gasteiger partial charge in [0.05, 0.1) is 26.4 Å². The number of ether oxygens (including phenoxy) is 2. The van der Waals surface area contributed by atoms with Crippen LogP contribution < -0.4 is 32.3 Å². The van der Waals surface area contributed by atoms with Crippen LogP contribution in [0, 0.1) is 5.92 Å². The first-order valence-corrected chi connectivity index (χ1v) is 19.8. The predicted octanol–water partition coefficient (Wildman–Crippen LogP) is -1.25. The molecule has 0 saturated carbocycles. The molecular formula is C39H59N9O11. The van der Waals surface area contributed by atoms with Gasteiger partial charge >= 0.3 is 6.03 Å². The van der Waals surface area contributed by atoms with E-state index in [0.29, 0.717) is 50.3 Å². The average Bonchev–Trinajstić information content (AvgIpc) is 3.52. The molecule has 326 valence electrons. The molecule has 2 heterocycles. The highest BCUT2D eigenvalue weighted by atomic mass is 16.5. The normalized spacial score (nSPS) is 15.7. The summed E-state index contributed by atoms with van der Waals surface area (Å²) in [6.45, 7) is 7.19. The second-order valence-electron chi connectivity index (χ2n) is 14.5. The highest BCUT2D eigenvalue weighted by molar-refractivity contribution is 6.12. The summed E-state index contributed by atoms with van der Waals surface area (Å²) < 4.78 is 10.9. The molecule has 1 saturated heterocycles. The van der Waals surface area contributed by atoms with Crippen molar-refractivity contribution >= 4 is 53.1 Å². The number of piperazine rings is 1. The van der Waals surface area contributed by atoms with Crippen LogP contribution in [0.25, 0.3) is 0 Å². The van der Waals surface area contributed by atoms with Gasteiger partial charge in [0.25, 0.3) is 17.7 Å². The van der Waals surface area contributed by atoms with E-state index in [0.717, 1.165) is 4.90 Å². The van der Waals surface area contributed by atoms with Crippen LogP contribution in [0.1, 0.15) is 57.6 Å². The van der Waals surface area contributed by atoms with Crippen molar-refractivity contribution in [1.29, 1.82) is 0 Å². The molecule has 0 aliphatic carbocycles. The lowest BCUT2D eigenvalue weighted by Gasteiger charge is -2.33. The number of nitrogens with zero attached hydrogens (tertiary/aromatic N) is 3. The number of likely N-dealkylation sites (N-methyl/N-ethyl adjacent to an activating group) is 1. The van der Waals surface area contributed by atoms with Gasteiger partial charge in [-0.3, -0.25) is 38.5 Å². The molecule has 3 rings (SSSR count). The summed E-state index contributed by atoms with van der Waals surface area (Å²) in [7, 11) is 1.97. The highest BCUT2D eigenvalue weighted by Gasteiger charge is 2.30. The quantitative estimate of drug-likeness (QED) is 0.0450. The Kier molecular flexibility index (Phi) is 20.4. The molecule has 1 aromatic rings. The number of carbonyl (C=O) groups excluding carboxylic acids is 8. The van der Waals surface area contributed by atoms with Crippen molar-refractivity contribution < 1.29 is 52.9 Å².